The van der Waals surface area contributed by atoms with Crippen LogP contribution >= 0.6 is 42.1 Å². The second-order valence-corrected chi connectivity index (χ2v) is 14.9. The van der Waals surface area contributed by atoms with Crippen LogP contribution in [-0.2, 0) is 0 Å². The molecule has 8 heteroatoms. The van der Waals surface area contributed by atoms with Gasteiger partial charge in [-0.3, -0.25) is 0 Å². The van der Waals surface area contributed by atoms with Crippen molar-refractivity contribution in [2.75, 3.05) is 12.9 Å². The fourth-order valence-electron chi connectivity index (χ4n) is 4.51. The van der Waals surface area contributed by atoms with Gasteiger partial charge in [-0.25, -0.2) is 0 Å². The van der Waals surface area contributed by atoms with Crippen LogP contribution in [0.15, 0.2) is 106 Å². The Morgan fingerprint density at radius 1 is 0.818 bits per heavy atom. The average Bonchev–Trinajstić information content (AvgIpc) is 3.28. The molecule has 0 saturated heterocycles. The first-order valence-corrected chi connectivity index (χ1v) is 14.9. The maximum atomic E-state index is 13.0. The first-order chi connectivity index (χ1) is 15.6. The molecule has 2 heterocycles. The van der Waals surface area contributed by atoms with Crippen LogP contribution in [0.1, 0.15) is 0 Å². The Morgan fingerprint density at radius 3 is 1.70 bits per heavy atom. The molecule has 0 bridgehead atoms. The zero-order valence-electron chi connectivity index (χ0n) is 18.2. The molecule has 0 fully saturated rings. The van der Waals surface area contributed by atoms with E-state index in [-0.39, 0.29) is 18.0 Å². The minimum atomic E-state index is -3.37. The van der Waals surface area contributed by atoms with E-state index in [9.17, 15) is 4.79 Å². The van der Waals surface area contributed by atoms with Gasteiger partial charge < -0.3 is 0 Å². The molecule has 0 amide bonds. The number of thioether (sulfide) groups is 1. The Morgan fingerprint density at radius 2 is 1.27 bits per heavy atom. The van der Waals surface area contributed by atoms with Crippen molar-refractivity contribution in [1.82, 2.24) is 14.6 Å². The van der Waals surface area contributed by atoms with E-state index in [4.69, 9.17) is 5.10 Å². The van der Waals surface area contributed by atoms with Crippen molar-refractivity contribution >= 4 is 68.4 Å². The summed E-state index contributed by atoms with van der Waals surface area (Å²) in [6.45, 7) is -1.04. The third-order valence-corrected chi connectivity index (χ3v) is 14.3. The van der Waals surface area contributed by atoms with Gasteiger partial charge in [-0.15, -0.1) is 12.4 Å². The Kier molecular flexibility index (Phi) is 6.47. The van der Waals surface area contributed by atoms with Crippen LogP contribution in [0.4, 0.5) is 0 Å². The average molecular weight is 512 g/mol. The van der Waals surface area contributed by atoms with Gasteiger partial charge in [0.1, 0.15) is 0 Å². The molecular formula is C25H23ClN3OPS2. The van der Waals surface area contributed by atoms with E-state index in [1.165, 1.54) is 27.3 Å². The van der Waals surface area contributed by atoms with E-state index in [1.54, 1.807) is 17.8 Å². The predicted octanol–water partition coefficient (Wildman–Crippen LogP) is 4.08. The van der Waals surface area contributed by atoms with E-state index in [0.29, 0.717) is 4.96 Å². The molecule has 0 aliphatic rings. The molecule has 0 radical (unpaired) electrons. The molecule has 168 valence electrons. The van der Waals surface area contributed by atoms with Crippen LogP contribution in [-0.4, -0.2) is 27.5 Å². The first kappa shape index (κ1) is 23.7. The Labute approximate surface area is 207 Å². The van der Waals surface area contributed by atoms with Crippen molar-refractivity contribution in [2.45, 2.75) is 4.34 Å². The number of rotatable bonds is 5. The quantitative estimate of drug-likeness (QED) is 0.263. The van der Waals surface area contributed by atoms with Gasteiger partial charge in [0.25, 0.3) is 0 Å². The van der Waals surface area contributed by atoms with Crippen molar-refractivity contribution in [2.24, 2.45) is 0 Å². The van der Waals surface area contributed by atoms with Gasteiger partial charge >= 0.3 is 195 Å². The van der Waals surface area contributed by atoms with E-state index in [2.05, 4.69) is 84.4 Å². The first-order valence-electron chi connectivity index (χ1n) is 10.2. The van der Waals surface area contributed by atoms with Gasteiger partial charge in [-0.2, -0.15) is 0 Å². The Bertz CT molecular complexity index is 1360. The van der Waals surface area contributed by atoms with Crippen molar-refractivity contribution in [3.8, 4) is 0 Å². The van der Waals surface area contributed by atoms with Crippen molar-refractivity contribution in [3.63, 3.8) is 0 Å². The molecule has 0 N–H and O–H groups in total. The summed E-state index contributed by atoms with van der Waals surface area (Å²) in [5, 5.41) is 8.41. The minimum Gasteiger partial charge on any atom is -0.147 e. The van der Waals surface area contributed by atoms with Gasteiger partial charge in [0.2, 0.25) is 0 Å². The van der Waals surface area contributed by atoms with Gasteiger partial charge in [0, 0.05) is 0 Å². The summed E-state index contributed by atoms with van der Waals surface area (Å²) in [6, 6.07) is 33.3. The molecule has 0 unspecified atom stereocenters. The van der Waals surface area contributed by atoms with Crippen molar-refractivity contribution < 1.29 is 0 Å². The summed E-state index contributed by atoms with van der Waals surface area (Å²) in [4.78, 5) is 17.9. The van der Waals surface area contributed by atoms with Gasteiger partial charge in [0.05, 0.1) is 0 Å². The van der Waals surface area contributed by atoms with E-state index in [0.717, 1.165) is 9.77 Å². The summed E-state index contributed by atoms with van der Waals surface area (Å²) in [5.41, 5.74) is 0.654. The fourth-order valence-corrected chi connectivity index (χ4v) is 11.4. The van der Waals surface area contributed by atoms with Crippen molar-refractivity contribution in [1.29, 1.82) is 0 Å². The topological polar surface area (TPSA) is 47.3 Å². The molecule has 2 aromatic heterocycles. The number of nitrogens with zero attached hydrogens (tertiary/aromatic N) is 3. The SMILES string of the molecule is CSc1nn2c(P(C)(c3ccccc3)(c3ccccc3)c3ccccc3)cc(=O)nc2s1.Cl. The molecule has 0 aliphatic heterocycles. The number of hydrogen-bond acceptors (Lipinski definition) is 5. The minimum absolute atomic E-state index is 0. The molecule has 0 spiro atoms. The Hall–Kier alpha value is -2.50. The third-order valence-electron chi connectivity index (χ3n) is 6.17. The number of aromatic nitrogens is 3. The molecule has 0 saturated carbocycles. The van der Waals surface area contributed by atoms with E-state index in [1.807, 2.05) is 29.0 Å². The molecule has 5 aromatic rings. The summed E-state index contributed by atoms with van der Waals surface area (Å²) < 4.78 is 2.78. The fraction of sp³-hybridized carbons (Fsp3) is 0.0800. The molecule has 0 aliphatic carbocycles. The zero-order chi connectivity index (χ0) is 22.2. The molecule has 0 atom stereocenters. The summed E-state index contributed by atoms with van der Waals surface area (Å²) >= 11 is 3.02. The molecule has 3 aromatic carbocycles. The zero-order valence-corrected chi connectivity index (χ0v) is 21.5. The molecule has 33 heavy (non-hydrogen) atoms. The molecular weight excluding hydrogens is 489 g/mol. The number of halogens is 1. The molecule has 4 nitrogen and oxygen atoms in total. The summed E-state index contributed by atoms with van der Waals surface area (Å²) in [7, 11) is 0. The van der Waals surface area contributed by atoms with Crippen molar-refractivity contribution in [3.05, 3.63) is 107 Å². The van der Waals surface area contributed by atoms with E-state index < -0.39 is 6.60 Å². The van der Waals surface area contributed by atoms with Crippen LogP contribution in [0.5, 0.6) is 0 Å². The number of fused-ring (bicyclic) bond motifs is 1. The van der Waals surface area contributed by atoms with Gasteiger partial charge in [0.15, 0.2) is 0 Å². The van der Waals surface area contributed by atoms with Gasteiger partial charge in [-0.05, 0) is 0 Å². The maximum Gasteiger partial charge on any atom is -0.147 e. The van der Waals surface area contributed by atoms with Crippen LogP contribution in [0.2, 0.25) is 0 Å². The Balaban J connectivity index is 0.00000259. The molecule has 5 rings (SSSR count). The summed E-state index contributed by atoms with van der Waals surface area (Å²) in [6.07, 6.45) is 1.99. The van der Waals surface area contributed by atoms with E-state index >= 15 is 0 Å². The second kappa shape index (κ2) is 9.03. The third kappa shape index (κ3) is 3.53. The normalized spacial score (nSPS) is 12.6. The largest absolute Gasteiger partial charge is 0.147 e. The standard InChI is InChI=1S/C25H22N3OPS2.ClH/c1-30(19-12-6-3-7-13-19,20-14-8-4-9-15-20,21-16-10-5-11-17-21)23-18-22(29)26-24-28(23)27-25(31-2)32-24;/h3-18H,1-2H3;1H. The van der Waals surface area contributed by atoms with Crippen LogP contribution in [0.3, 0.4) is 0 Å². The van der Waals surface area contributed by atoms with Crippen LogP contribution in [0, 0.1) is 0 Å². The monoisotopic (exact) mass is 511 g/mol. The maximum absolute atomic E-state index is 13.0. The van der Waals surface area contributed by atoms with Gasteiger partial charge in [-0.1, -0.05) is 0 Å². The number of hydrogen-bond donors (Lipinski definition) is 0. The second-order valence-electron chi connectivity index (χ2n) is 7.79. The van der Waals surface area contributed by atoms with Crippen LogP contribution in [0.25, 0.3) is 4.96 Å². The number of benzene rings is 3. The summed E-state index contributed by atoms with van der Waals surface area (Å²) in [5.74, 6) is 0. The predicted molar refractivity (Wildman–Crippen MR) is 147 cm³/mol. The van der Waals surface area contributed by atoms with Crippen LogP contribution < -0.4 is 26.9 Å². The smallest absolute Gasteiger partial charge is 0.147 e.